The SMILES string of the molecule is CC(=O)[C@H](Cc1ccccc1)NC(=O)[C@H](CC(=O)O)CC(=O)Cc1ccc(S(C)(=O)=O)cc1.S.S. The molecule has 35 heavy (non-hydrogen) atoms. The van der Waals surface area contributed by atoms with Gasteiger partial charge in [-0.2, -0.15) is 27.0 Å². The first kappa shape index (κ1) is 32.4. The van der Waals surface area contributed by atoms with E-state index in [9.17, 15) is 32.7 Å². The predicted octanol–water partition coefficient (Wildman–Crippen LogP) is 2.22. The van der Waals surface area contributed by atoms with E-state index in [1.54, 1.807) is 0 Å². The molecule has 8 nitrogen and oxygen atoms in total. The van der Waals surface area contributed by atoms with Gasteiger partial charge in [0.1, 0.15) is 5.78 Å². The highest BCUT2D eigenvalue weighted by molar-refractivity contribution is 7.90. The molecule has 1 amide bonds. The number of Topliss-reactive ketones (excluding diaryl/α,β-unsaturated/α-hetero) is 2. The van der Waals surface area contributed by atoms with Gasteiger partial charge in [0, 0.05) is 19.1 Å². The molecule has 2 aromatic rings. The fraction of sp³-hybridized carbons (Fsp3) is 0.333. The van der Waals surface area contributed by atoms with Crippen LogP contribution in [0.5, 0.6) is 0 Å². The number of hydrogen-bond donors (Lipinski definition) is 2. The number of sulfone groups is 1. The Kier molecular flexibility index (Phi) is 13.6. The second-order valence-electron chi connectivity index (χ2n) is 7.99. The number of rotatable bonds is 12. The van der Waals surface area contributed by atoms with E-state index in [0.29, 0.717) is 5.56 Å². The first-order chi connectivity index (χ1) is 15.5. The zero-order chi connectivity index (χ0) is 24.6. The van der Waals surface area contributed by atoms with Gasteiger partial charge in [0.05, 0.1) is 23.3 Å². The van der Waals surface area contributed by atoms with E-state index in [-0.39, 0.29) is 62.7 Å². The van der Waals surface area contributed by atoms with Crippen molar-refractivity contribution in [1.82, 2.24) is 5.32 Å². The van der Waals surface area contributed by atoms with E-state index in [2.05, 4.69) is 5.32 Å². The number of carboxylic acid groups (broad SMARTS) is 1. The van der Waals surface area contributed by atoms with Gasteiger partial charge in [-0.15, -0.1) is 0 Å². The number of aliphatic carboxylic acids is 1. The minimum Gasteiger partial charge on any atom is -0.481 e. The highest BCUT2D eigenvalue weighted by atomic mass is 32.2. The minimum atomic E-state index is -3.36. The first-order valence-corrected chi connectivity index (χ1v) is 12.2. The number of amides is 1. The summed E-state index contributed by atoms with van der Waals surface area (Å²) in [6.45, 7) is 1.34. The predicted molar refractivity (Wildman–Crippen MR) is 142 cm³/mol. The maximum Gasteiger partial charge on any atom is 0.304 e. The van der Waals surface area contributed by atoms with E-state index < -0.39 is 40.1 Å². The lowest BCUT2D eigenvalue weighted by Crippen LogP contribution is -2.45. The normalized spacial score (nSPS) is 12.3. The van der Waals surface area contributed by atoms with Crippen LogP contribution in [0.4, 0.5) is 0 Å². The summed E-state index contributed by atoms with van der Waals surface area (Å²) in [7, 11) is -3.36. The lowest BCUT2D eigenvalue weighted by Gasteiger charge is -2.20. The summed E-state index contributed by atoms with van der Waals surface area (Å²) in [5, 5.41) is 11.8. The third kappa shape index (κ3) is 11.1. The molecule has 0 spiro atoms. The summed E-state index contributed by atoms with van der Waals surface area (Å²) >= 11 is 0. The largest absolute Gasteiger partial charge is 0.481 e. The Balaban J connectivity index is 0.00000578. The Labute approximate surface area is 219 Å². The van der Waals surface area contributed by atoms with Crippen molar-refractivity contribution in [2.45, 2.75) is 43.5 Å². The summed E-state index contributed by atoms with van der Waals surface area (Å²) in [6, 6.07) is 14.0. The van der Waals surface area contributed by atoms with Gasteiger partial charge in [-0.3, -0.25) is 19.2 Å². The maximum atomic E-state index is 12.8. The van der Waals surface area contributed by atoms with E-state index in [4.69, 9.17) is 0 Å². The highest BCUT2D eigenvalue weighted by Crippen LogP contribution is 2.16. The Morgan fingerprint density at radius 1 is 0.886 bits per heavy atom. The van der Waals surface area contributed by atoms with Gasteiger partial charge in [0.2, 0.25) is 5.91 Å². The molecule has 0 bridgehead atoms. The van der Waals surface area contributed by atoms with E-state index in [1.807, 2.05) is 30.3 Å². The van der Waals surface area contributed by atoms with E-state index in [0.717, 1.165) is 11.8 Å². The van der Waals surface area contributed by atoms with Gasteiger partial charge < -0.3 is 10.4 Å². The summed E-state index contributed by atoms with van der Waals surface area (Å²) < 4.78 is 23.1. The molecule has 0 saturated heterocycles. The standard InChI is InChI=1S/C24H27NO7S.2H2S/c1-16(26)22(13-17-6-4-3-5-7-17)25-24(30)19(15-23(28)29)14-20(27)12-18-8-10-21(11-9-18)33(2,31)32;;/h3-11,19,22H,12-15H2,1-2H3,(H,25,30)(H,28,29);2*1H2/t19-,22-;;/m0../s1. The average Bonchev–Trinajstić information content (AvgIpc) is 2.72. The zero-order valence-corrected chi connectivity index (χ0v) is 22.3. The topological polar surface area (TPSA) is 135 Å². The molecule has 0 heterocycles. The average molecular weight is 542 g/mol. The molecular formula is C24H31NO7S3. The van der Waals surface area contributed by atoms with Crippen LogP contribution in [0.3, 0.4) is 0 Å². The highest BCUT2D eigenvalue weighted by Gasteiger charge is 2.28. The van der Waals surface area contributed by atoms with Crippen molar-refractivity contribution >= 4 is 60.3 Å². The van der Waals surface area contributed by atoms with Crippen LogP contribution in [-0.2, 0) is 41.9 Å². The molecule has 0 aliphatic rings. The van der Waals surface area contributed by atoms with Crippen LogP contribution >= 0.6 is 27.0 Å². The zero-order valence-electron chi connectivity index (χ0n) is 19.5. The van der Waals surface area contributed by atoms with E-state index >= 15 is 0 Å². The van der Waals surface area contributed by atoms with Gasteiger partial charge in [-0.1, -0.05) is 42.5 Å². The van der Waals surface area contributed by atoms with Gasteiger partial charge in [0.15, 0.2) is 15.6 Å². The number of carbonyl (C=O) groups excluding carboxylic acids is 3. The molecule has 11 heteroatoms. The molecule has 0 fully saturated rings. The van der Waals surface area contributed by atoms with Gasteiger partial charge >= 0.3 is 5.97 Å². The van der Waals surface area contributed by atoms with Gasteiger partial charge in [0.25, 0.3) is 0 Å². The lowest BCUT2D eigenvalue weighted by atomic mass is 9.93. The van der Waals surface area contributed by atoms with Crippen LogP contribution in [0.25, 0.3) is 0 Å². The van der Waals surface area contributed by atoms with E-state index in [1.165, 1.54) is 31.2 Å². The molecule has 0 radical (unpaired) electrons. The third-order valence-electron chi connectivity index (χ3n) is 5.11. The van der Waals surface area contributed by atoms with Crippen LogP contribution in [-0.4, -0.2) is 49.3 Å². The van der Waals surface area contributed by atoms with Crippen molar-refractivity contribution in [1.29, 1.82) is 0 Å². The van der Waals surface area contributed by atoms with Crippen molar-refractivity contribution in [3.63, 3.8) is 0 Å². The van der Waals surface area contributed by atoms with Crippen molar-refractivity contribution in [3.05, 3.63) is 65.7 Å². The maximum absolute atomic E-state index is 12.8. The summed E-state index contributed by atoms with van der Waals surface area (Å²) in [6.07, 6.45) is 0.382. The molecule has 2 rings (SSSR count). The number of carboxylic acids is 1. The Morgan fingerprint density at radius 2 is 1.46 bits per heavy atom. The van der Waals surface area contributed by atoms with Crippen LogP contribution < -0.4 is 5.32 Å². The molecular weight excluding hydrogens is 510 g/mol. The number of nitrogens with one attached hydrogen (secondary N) is 1. The molecule has 0 unspecified atom stereocenters. The van der Waals surface area contributed by atoms with Crippen molar-refractivity contribution in [2.24, 2.45) is 5.92 Å². The molecule has 192 valence electrons. The Hall–Kier alpha value is -2.63. The third-order valence-corrected chi connectivity index (χ3v) is 6.24. The smallest absolute Gasteiger partial charge is 0.304 e. The van der Waals surface area contributed by atoms with Crippen LogP contribution in [0.2, 0.25) is 0 Å². The van der Waals surface area contributed by atoms with Crippen LogP contribution in [0.1, 0.15) is 30.9 Å². The monoisotopic (exact) mass is 541 g/mol. The molecule has 2 aromatic carbocycles. The van der Waals surface area contributed by atoms with Crippen LogP contribution in [0.15, 0.2) is 59.5 Å². The number of benzene rings is 2. The first-order valence-electron chi connectivity index (χ1n) is 10.3. The van der Waals surface area contributed by atoms with Crippen molar-refractivity contribution < 1.29 is 32.7 Å². The number of ketones is 2. The Morgan fingerprint density at radius 3 is 1.94 bits per heavy atom. The molecule has 0 saturated carbocycles. The van der Waals surface area contributed by atoms with Gasteiger partial charge in [-0.05, 0) is 36.6 Å². The fourth-order valence-corrected chi connectivity index (χ4v) is 3.96. The quantitative estimate of drug-likeness (QED) is 0.421. The van der Waals surface area contributed by atoms with Crippen LogP contribution in [0, 0.1) is 5.92 Å². The Bertz CT molecular complexity index is 1120. The minimum absolute atomic E-state index is 0. The molecule has 2 atom stereocenters. The second-order valence-corrected chi connectivity index (χ2v) is 10.0. The molecule has 0 aromatic heterocycles. The number of carbonyl (C=O) groups is 4. The fourth-order valence-electron chi connectivity index (χ4n) is 3.33. The molecule has 2 N–H and O–H groups in total. The lowest BCUT2D eigenvalue weighted by molar-refractivity contribution is -0.142. The van der Waals surface area contributed by atoms with Gasteiger partial charge in [-0.25, -0.2) is 8.42 Å². The number of hydrogen-bond acceptors (Lipinski definition) is 6. The van der Waals surface area contributed by atoms with Crippen molar-refractivity contribution in [3.8, 4) is 0 Å². The summed E-state index contributed by atoms with van der Waals surface area (Å²) in [5.41, 5.74) is 1.38. The van der Waals surface area contributed by atoms with Crippen molar-refractivity contribution in [2.75, 3.05) is 6.26 Å². The summed E-state index contributed by atoms with van der Waals surface area (Å²) in [5.74, 6) is -3.69. The summed E-state index contributed by atoms with van der Waals surface area (Å²) in [4.78, 5) is 48.8. The second kappa shape index (κ2) is 14.7. The molecule has 0 aliphatic heterocycles. The molecule has 0 aliphatic carbocycles.